The van der Waals surface area contributed by atoms with E-state index in [-0.39, 0.29) is 12.5 Å². The number of amides is 1. The molecule has 230 valence electrons. The van der Waals surface area contributed by atoms with Crippen LogP contribution in [0.25, 0.3) is 0 Å². The van der Waals surface area contributed by atoms with E-state index in [2.05, 4.69) is 32.2 Å². The van der Waals surface area contributed by atoms with E-state index < -0.39 is 12.1 Å². The predicted molar refractivity (Wildman–Crippen MR) is 170 cm³/mol. The van der Waals surface area contributed by atoms with Crippen LogP contribution in [0.15, 0.2) is 23.8 Å². The van der Waals surface area contributed by atoms with Gasteiger partial charge in [-0.15, -0.1) is 0 Å². The quantitative estimate of drug-likeness (QED) is 0.0642. The van der Waals surface area contributed by atoms with Gasteiger partial charge in [0.2, 0.25) is 5.91 Å². The van der Waals surface area contributed by atoms with E-state index in [4.69, 9.17) is 0 Å². The molecule has 0 aromatic rings. The molecule has 0 saturated carbocycles. The Balaban J connectivity index is 3.81. The smallest absolute Gasteiger partial charge is 0.220 e. The molecule has 4 nitrogen and oxygen atoms in total. The molecule has 0 rings (SSSR count). The first-order valence-electron chi connectivity index (χ1n) is 17.0. The zero-order chi connectivity index (χ0) is 28.8. The molecular formula is C35H67NO3. The number of carbonyl (C=O) groups is 1. The average molecular weight is 550 g/mol. The summed E-state index contributed by atoms with van der Waals surface area (Å²) >= 11 is 0. The molecule has 0 unspecified atom stereocenters. The van der Waals surface area contributed by atoms with Crippen LogP contribution >= 0.6 is 0 Å². The second-order valence-electron chi connectivity index (χ2n) is 11.8. The Kier molecular flexibility index (Phi) is 29.0. The summed E-state index contributed by atoms with van der Waals surface area (Å²) in [6.07, 6.45) is 34.6. The summed E-state index contributed by atoms with van der Waals surface area (Å²) in [5.74, 6) is -0.0755. The van der Waals surface area contributed by atoms with Gasteiger partial charge in [-0.25, -0.2) is 0 Å². The van der Waals surface area contributed by atoms with Crippen LogP contribution < -0.4 is 5.32 Å². The van der Waals surface area contributed by atoms with Gasteiger partial charge in [-0.2, -0.15) is 0 Å². The number of hydrogen-bond acceptors (Lipinski definition) is 3. The molecule has 0 spiro atoms. The summed E-state index contributed by atoms with van der Waals surface area (Å²) < 4.78 is 0. The summed E-state index contributed by atoms with van der Waals surface area (Å²) in [7, 11) is 0. The number of hydrogen-bond donors (Lipinski definition) is 3. The Morgan fingerprint density at radius 1 is 0.667 bits per heavy atom. The van der Waals surface area contributed by atoms with Gasteiger partial charge in [0.15, 0.2) is 0 Å². The van der Waals surface area contributed by atoms with Crippen LogP contribution in [0.5, 0.6) is 0 Å². The van der Waals surface area contributed by atoms with Gasteiger partial charge in [-0.05, 0) is 39.0 Å². The number of rotatable bonds is 29. The van der Waals surface area contributed by atoms with Gasteiger partial charge in [-0.3, -0.25) is 4.79 Å². The molecule has 1 amide bonds. The maximum Gasteiger partial charge on any atom is 0.220 e. The third-order valence-electron chi connectivity index (χ3n) is 7.80. The minimum Gasteiger partial charge on any atom is -0.394 e. The molecule has 0 aromatic heterocycles. The van der Waals surface area contributed by atoms with Gasteiger partial charge in [0.05, 0.1) is 18.8 Å². The van der Waals surface area contributed by atoms with E-state index in [1.807, 2.05) is 6.08 Å². The van der Waals surface area contributed by atoms with Crippen molar-refractivity contribution in [3.8, 4) is 0 Å². The number of allylic oxidation sites excluding steroid dienone is 3. The van der Waals surface area contributed by atoms with Gasteiger partial charge in [-0.1, -0.05) is 153 Å². The summed E-state index contributed by atoms with van der Waals surface area (Å²) in [5.41, 5.74) is 1.45. The van der Waals surface area contributed by atoms with Crippen molar-refractivity contribution in [1.29, 1.82) is 0 Å². The lowest BCUT2D eigenvalue weighted by molar-refractivity contribution is -0.123. The molecule has 0 aliphatic carbocycles. The van der Waals surface area contributed by atoms with Crippen LogP contribution in [0, 0.1) is 0 Å². The topological polar surface area (TPSA) is 69.6 Å². The number of aliphatic hydroxyl groups is 2. The standard InChI is InChI=1S/C35H67NO3/c1-4-6-8-10-12-13-14-15-16-17-19-21-26-30-35(39)36-33(31-37)34(38)29-25-22-24-28-32(3)27-23-20-18-11-9-7-5-2/h25,28-29,33-34,37-38H,4-24,26-27,30-31H2,1-3H3,(H,36,39)/b29-25+,32-28+/t33-,34+/m0/s1. The predicted octanol–water partition coefficient (Wildman–Crippen LogP) is 9.73. The molecule has 2 atom stereocenters. The summed E-state index contributed by atoms with van der Waals surface area (Å²) in [5, 5.41) is 22.9. The van der Waals surface area contributed by atoms with Crippen LogP contribution in [0.4, 0.5) is 0 Å². The van der Waals surface area contributed by atoms with E-state index in [1.165, 1.54) is 128 Å². The number of carbonyl (C=O) groups excluding carboxylic acids is 1. The highest BCUT2D eigenvalue weighted by molar-refractivity contribution is 5.76. The first-order chi connectivity index (χ1) is 19.0. The Hall–Kier alpha value is -1.13. The molecule has 0 bridgehead atoms. The van der Waals surface area contributed by atoms with E-state index in [0.29, 0.717) is 6.42 Å². The van der Waals surface area contributed by atoms with E-state index in [1.54, 1.807) is 6.08 Å². The van der Waals surface area contributed by atoms with Gasteiger partial charge < -0.3 is 15.5 Å². The number of nitrogens with one attached hydrogen (secondary N) is 1. The molecular weight excluding hydrogens is 482 g/mol. The fourth-order valence-electron chi connectivity index (χ4n) is 5.08. The van der Waals surface area contributed by atoms with Crippen molar-refractivity contribution in [2.24, 2.45) is 0 Å². The average Bonchev–Trinajstić information content (AvgIpc) is 2.93. The second kappa shape index (κ2) is 29.8. The Morgan fingerprint density at radius 3 is 1.56 bits per heavy atom. The van der Waals surface area contributed by atoms with Crippen LogP contribution in [-0.4, -0.2) is 34.9 Å². The second-order valence-corrected chi connectivity index (χ2v) is 11.8. The molecule has 0 saturated heterocycles. The summed E-state index contributed by atoms with van der Waals surface area (Å²) in [4.78, 5) is 12.3. The van der Waals surface area contributed by atoms with Crippen LogP contribution in [-0.2, 0) is 4.79 Å². The molecule has 0 aromatic carbocycles. The van der Waals surface area contributed by atoms with Crippen molar-refractivity contribution in [2.45, 2.75) is 187 Å². The van der Waals surface area contributed by atoms with Gasteiger partial charge >= 0.3 is 0 Å². The molecule has 0 aliphatic heterocycles. The zero-order valence-electron chi connectivity index (χ0n) is 26.4. The highest BCUT2D eigenvalue weighted by atomic mass is 16.3. The Bertz CT molecular complexity index is 586. The van der Waals surface area contributed by atoms with Crippen molar-refractivity contribution in [3.63, 3.8) is 0 Å². The first kappa shape index (κ1) is 37.9. The van der Waals surface area contributed by atoms with Crippen LogP contribution in [0.2, 0.25) is 0 Å². The fraction of sp³-hybridized carbons (Fsp3) is 0.857. The SMILES string of the molecule is CCCCCCCCCCCCCCCC(=O)N[C@@H](CO)[C@H](O)/C=C/CC/C=C(\C)CCCCCCCCC. The van der Waals surface area contributed by atoms with Crippen molar-refractivity contribution >= 4 is 5.91 Å². The first-order valence-corrected chi connectivity index (χ1v) is 17.0. The largest absolute Gasteiger partial charge is 0.394 e. The third-order valence-corrected chi connectivity index (χ3v) is 7.80. The lowest BCUT2D eigenvalue weighted by atomic mass is 10.0. The molecule has 4 heteroatoms. The van der Waals surface area contributed by atoms with Gasteiger partial charge in [0, 0.05) is 6.42 Å². The normalized spacial score (nSPS) is 13.7. The van der Waals surface area contributed by atoms with E-state index in [9.17, 15) is 15.0 Å². The number of unbranched alkanes of at least 4 members (excludes halogenated alkanes) is 19. The molecule has 0 fully saturated rings. The van der Waals surface area contributed by atoms with Crippen molar-refractivity contribution in [3.05, 3.63) is 23.8 Å². The molecule has 3 N–H and O–H groups in total. The Morgan fingerprint density at radius 2 is 1.10 bits per heavy atom. The molecule has 39 heavy (non-hydrogen) atoms. The molecule has 0 aliphatic rings. The van der Waals surface area contributed by atoms with E-state index >= 15 is 0 Å². The van der Waals surface area contributed by atoms with Gasteiger partial charge in [0.25, 0.3) is 0 Å². The lowest BCUT2D eigenvalue weighted by Crippen LogP contribution is -2.45. The highest BCUT2D eigenvalue weighted by Gasteiger charge is 2.17. The Labute approximate surface area is 243 Å². The van der Waals surface area contributed by atoms with Crippen molar-refractivity contribution in [2.75, 3.05) is 6.61 Å². The van der Waals surface area contributed by atoms with Crippen molar-refractivity contribution < 1.29 is 15.0 Å². The molecule has 0 heterocycles. The van der Waals surface area contributed by atoms with Crippen LogP contribution in [0.3, 0.4) is 0 Å². The summed E-state index contributed by atoms with van der Waals surface area (Å²) in [6.45, 7) is 6.48. The third kappa shape index (κ3) is 26.8. The minimum absolute atomic E-state index is 0.0755. The van der Waals surface area contributed by atoms with E-state index in [0.717, 1.165) is 25.7 Å². The maximum absolute atomic E-state index is 12.3. The summed E-state index contributed by atoms with van der Waals surface area (Å²) in [6, 6.07) is -0.634. The lowest BCUT2D eigenvalue weighted by Gasteiger charge is -2.19. The molecule has 0 radical (unpaired) electrons. The maximum atomic E-state index is 12.3. The fourth-order valence-corrected chi connectivity index (χ4v) is 5.08. The zero-order valence-corrected chi connectivity index (χ0v) is 26.4. The minimum atomic E-state index is -0.858. The van der Waals surface area contributed by atoms with Crippen molar-refractivity contribution in [1.82, 2.24) is 5.32 Å². The monoisotopic (exact) mass is 550 g/mol. The van der Waals surface area contributed by atoms with Crippen LogP contribution in [0.1, 0.15) is 175 Å². The number of aliphatic hydroxyl groups excluding tert-OH is 2. The van der Waals surface area contributed by atoms with Gasteiger partial charge in [0.1, 0.15) is 0 Å². The highest BCUT2D eigenvalue weighted by Crippen LogP contribution is 2.14.